The molecule has 2 bridgehead atoms. The normalized spacial score (nSPS) is 14.8. The van der Waals surface area contributed by atoms with Crippen LogP contribution in [-0.2, 0) is 26.5 Å². The first kappa shape index (κ1) is 20.6. The highest BCUT2D eigenvalue weighted by Gasteiger charge is 2.23. The van der Waals surface area contributed by atoms with Crippen LogP contribution in [0, 0.1) is 11.2 Å². The third kappa shape index (κ3) is 3.76. The van der Waals surface area contributed by atoms with Crippen molar-refractivity contribution in [1.29, 1.82) is 5.41 Å². The summed E-state index contributed by atoms with van der Waals surface area (Å²) in [6.45, 7) is 2.12. The monoisotopic (exact) mass is 420 g/mol. The van der Waals surface area contributed by atoms with Crippen LogP contribution in [0.5, 0.6) is 5.75 Å². The van der Waals surface area contributed by atoms with E-state index in [2.05, 4.69) is 17.2 Å². The second-order valence-electron chi connectivity index (χ2n) is 7.45. The fourth-order valence-electron chi connectivity index (χ4n) is 3.93. The van der Waals surface area contributed by atoms with Gasteiger partial charge in [-0.25, -0.2) is 9.37 Å². The molecule has 0 radical (unpaired) electrons. The van der Waals surface area contributed by atoms with Crippen LogP contribution in [0.4, 0.5) is 10.2 Å². The molecule has 0 saturated carbocycles. The van der Waals surface area contributed by atoms with E-state index in [1.165, 1.54) is 12.1 Å². The summed E-state index contributed by atoms with van der Waals surface area (Å²) >= 11 is 0. The van der Waals surface area contributed by atoms with Crippen LogP contribution in [0.1, 0.15) is 29.4 Å². The van der Waals surface area contributed by atoms with Gasteiger partial charge in [-0.3, -0.25) is 10.1 Å². The Morgan fingerprint density at radius 3 is 2.90 bits per heavy atom. The van der Waals surface area contributed by atoms with Crippen molar-refractivity contribution in [3.05, 3.63) is 70.6 Å². The molecular weight excluding hydrogens is 395 g/mol. The molecule has 1 aliphatic heterocycles. The molecule has 0 unspecified atom stereocenters. The number of hydrogen-bond donors (Lipinski definition) is 3. The Bertz CT molecular complexity index is 1200. The zero-order valence-electron chi connectivity index (χ0n) is 17.8. The summed E-state index contributed by atoms with van der Waals surface area (Å²) in [4.78, 5) is 4.33. The number of pyridine rings is 1. The number of nitrogen functional groups attached to an aromatic ring is 1. The van der Waals surface area contributed by atoms with Gasteiger partial charge in [-0.15, -0.1) is 0 Å². The van der Waals surface area contributed by atoms with E-state index in [-0.39, 0.29) is 18.2 Å². The molecule has 0 saturated heterocycles. The van der Waals surface area contributed by atoms with Gasteiger partial charge >= 0.3 is 0 Å². The van der Waals surface area contributed by atoms with Crippen molar-refractivity contribution in [2.24, 2.45) is 7.05 Å². The van der Waals surface area contributed by atoms with Crippen molar-refractivity contribution in [2.75, 3.05) is 12.8 Å². The van der Waals surface area contributed by atoms with E-state index < -0.39 is 0 Å². The zero-order chi connectivity index (χ0) is 22.1. The van der Waals surface area contributed by atoms with E-state index >= 15 is 0 Å². The lowest BCUT2D eigenvalue weighted by atomic mass is 9.92. The van der Waals surface area contributed by atoms with Gasteiger partial charge in [-0.1, -0.05) is 6.92 Å². The van der Waals surface area contributed by atoms with Gasteiger partial charge in [0.25, 0.3) is 0 Å². The summed E-state index contributed by atoms with van der Waals surface area (Å²) in [6.07, 6.45) is 4.73. The fourth-order valence-corrected chi connectivity index (χ4v) is 3.93. The molecule has 1 aliphatic rings. The lowest BCUT2D eigenvalue weighted by Crippen LogP contribution is -2.16. The van der Waals surface area contributed by atoms with Gasteiger partial charge in [-0.05, 0) is 36.3 Å². The number of fused-ring (bicyclic) bond motifs is 5. The minimum absolute atomic E-state index is 0.0676. The third-order valence-electron chi connectivity index (χ3n) is 5.46. The van der Waals surface area contributed by atoms with Crippen LogP contribution in [0.3, 0.4) is 0 Å². The van der Waals surface area contributed by atoms with E-state index in [0.29, 0.717) is 29.0 Å². The molecule has 4 rings (SSSR count). The van der Waals surface area contributed by atoms with Crippen LogP contribution < -0.4 is 15.8 Å². The maximum absolute atomic E-state index is 14.0. The number of benzene rings is 1. The van der Waals surface area contributed by atoms with Crippen LogP contribution in [0.25, 0.3) is 11.1 Å². The van der Waals surface area contributed by atoms with E-state index in [1.807, 2.05) is 17.8 Å². The first-order valence-electron chi connectivity index (χ1n) is 10.1. The average molecular weight is 420 g/mol. The number of rotatable bonds is 2. The molecule has 8 heteroatoms. The Kier molecular flexibility index (Phi) is 5.46. The Morgan fingerprint density at radius 1 is 1.35 bits per heavy atom. The molecule has 31 heavy (non-hydrogen) atoms. The molecule has 1 aromatic carbocycles. The molecule has 0 amide bonds. The molecule has 160 valence electrons. The second-order valence-corrected chi connectivity index (χ2v) is 7.45. The summed E-state index contributed by atoms with van der Waals surface area (Å²) in [7, 11) is 3.69. The molecule has 0 atom stereocenters. The maximum atomic E-state index is 14.0. The van der Waals surface area contributed by atoms with Crippen molar-refractivity contribution in [3.8, 4) is 16.9 Å². The molecule has 7 nitrogen and oxygen atoms in total. The highest BCUT2D eigenvalue weighted by Crippen LogP contribution is 2.34. The van der Waals surface area contributed by atoms with Gasteiger partial charge in [0.15, 0.2) is 11.6 Å². The summed E-state index contributed by atoms with van der Waals surface area (Å²) in [5.41, 5.74) is 12.0. The minimum atomic E-state index is -0.386. The number of halogens is 1. The number of nitrogens with one attached hydrogen (secondary N) is 2. The summed E-state index contributed by atoms with van der Waals surface area (Å²) < 4.78 is 21.8. The molecule has 4 N–H and O–H groups in total. The van der Waals surface area contributed by atoms with Crippen LogP contribution in [0.15, 0.2) is 42.2 Å². The van der Waals surface area contributed by atoms with E-state index in [4.69, 9.17) is 21.0 Å². The Hall–Kier alpha value is -3.68. The highest BCUT2D eigenvalue weighted by molar-refractivity contribution is 6.11. The predicted molar refractivity (Wildman–Crippen MR) is 119 cm³/mol. The quantitative estimate of drug-likeness (QED) is 0.590. The van der Waals surface area contributed by atoms with Crippen molar-refractivity contribution in [3.63, 3.8) is 0 Å². The van der Waals surface area contributed by atoms with Crippen LogP contribution >= 0.6 is 0 Å². The predicted octanol–water partition coefficient (Wildman–Crippen LogP) is 3.37. The topological polar surface area (TPSA) is 102 Å². The molecule has 3 heterocycles. The average Bonchev–Trinajstić information content (AvgIpc) is 3.07. The van der Waals surface area contributed by atoms with E-state index in [1.54, 1.807) is 25.5 Å². The number of anilines is 1. The largest absolute Gasteiger partial charge is 0.485 e. The van der Waals surface area contributed by atoms with Gasteiger partial charge in [0.05, 0.1) is 17.1 Å². The number of allylic oxidation sites excluding steroid dienone is 1. The smallest absolute Gasteiger partial charge is 0.166 e. The lowest BCUT2D eigenvalue weighted by molar-refractivity contribution is 0.306. The number of nitrogens with two attached hydrogens (primary N) is 1. The Labute approximate surface area is 180 Å². The number of hydrogen-bond acceptors (Lipinski definition) is 6. The Balaban J connectivity index is 1.98. The van der Waals surface area contributed by atoms with E-state index in [9.17, 15) is 4.39 Å². The molecule has 0 fully saturated rings. The first-order chi connectivity index (χ1) is 14.9. The second kappa shape index (κ2) is 8.22. The van der Waals surface area contributed by atoms with Crippen LogP contribution in [-0.4, -0.2) is 27.5 Å². The molecule has 0 aliphatic carbocycles. The minimum Gasteiger partial charge on any atom is -0.485 e. The summed E-state index contributed by atoms with van der Waals surface area (Å²) in [5.74, 6) is 0.290. The van der Waals surface area contributed by atoms with E-state index in [0.717, 1.165) is 34.5 Å². The number of aryl methyl sites for hydroxylation is 2. The molecule has 2 aromatic heterocycles. The van der Waals surface area contributed by atoms with Gasteiger partial charge in [0, 0.05) is 55.2 Å². The van der Waals surface area contributed by atoms with Crippen molar-refractivity contribution >= 4 is 11.5 Å². The summed E-state index contributed by atoms with van der Waals surface area (Å²) in [5, 5.41) is 16.6. The maximum Gasteiger partial charge on any atom is 0.166 e. The van der Waals surface area contributed by atoms with Crippen molar-refractivity contribution < 1.29 is 9.13 Å². The molecular formula is C23H25FN6O. The van der Waals surface area contributed by atoms with Gasteiger partial charge in [-0.2, -0.15) is 5.10 Å². The lowest BCUT2D eigenvalue weighted by Gasteiger charge is -2.18. The Morgan fingerprint density at radius 2 is 2.16 bits per heavy atom. The molecule has 0 spiro atoms. The fraction of sp³-hybridized carbons (Fsp3) is 0.261. The third-order valence-corrected chi connectivity index (χ3v) is 5.46. The summed E-state index contributed by atoms with van der Waals surface area (Å²) in [6, 6.07) is 6.23. The van der Waals surface area contributed by atoms with Crippen molar-refractivity contribution in [1.82, 2.24) is 20.1 Å². The highest BCUT2D eigenvalue weighted by atomic mass is 19.1. The van der Waals surface area contributed by atoms with Crippen LogP contribution in [0.2, 0.25) is 0 Å². The molecule has 3 aromatic rings. The number of nitrogens with zero attached hydrogens (tertiary/aromatic N) is 3. The van der Waals surface area contributed by atoms with Gasteiger partial charge < -0.3 is 15.8 Å². The number of aromatic nitrogens is 3. The van der Waals surface area contributed by atoms with Gasteiger partial charge in [0.2, 0.25) is 0 Å². The SMILES string of the molecule is CCc1nn(C)c2c1-c1cnc(N)c(c1)OCc1cc(F)ccc1C(=N)/C(=C\NC)C2. The number of ether oxygens (including phenoxy) is 1. The van der Waals surface area contributed by atoms with Gasteiger partial charge in [0.1, 0.15) is 12.4 Å². The zero-order valence-corrected chi connectivity index (χ0v) is 17.8. The first-order valence-corrected chi connectivity index (χ1v) is 10.1. The standard InChI is InChI=1S/C23H25FN6O/c1-4-18-21-13-9-20(23(26)28-11-13)31-12-15-7-16(24)5-6-17(15)22(25)14(10-27-2)8-19(21)30(3)29-18/h5-7,9-11,25,27H,4,8,12H2,1-3H3,(H2,26,28)/b14-10-,25-22?. The van der Waals surface area contributed by atoms with Crippen molar-refractivity contribution in [2.45, 2.75) is 26.4 Å².